The van der Waals surface area contributed by atoms with Gasteiger partial charge in [0.2, 0.25) is 0 Å². The first-order valence-electron chi connectivity index (χ1n) is 6.09. The average Bonchev–Trinajstić information content (AvgIpc) is 2.47. The van der Waals surface area contributed by atoms with Gasteiger partial charge >= 0.3 is 0 Å². The lowest BCUT2D eigenvalue weighted by atomic mass is 10.1. The van der Waals surface area contributed by atoms with E-state index < -0.39 is 0 Å². The summed E-state index contributed by atoms with van der Waals surface area (Å²) in [5.41, 5.74) is 3.06. The third kappa shape index (κ3) is 3.26. The van der Waals surface area contributed by atoms with Crippen molar-refractivity contribution in [2.45, 2.75) is 13.0 Å². The molecule has 0 radical (unpaired) electrons. The van der Waals surface area contributed by atoms with Crippen LogP contribution in [0.5, 0.6) is 5.75 Å². The minimum atomic E-state index is -0.367. The van der Waals surface area contributed by atoms with Crippen LogP contribution >= 0.6 is 0 Å². The zero-order valence-electron chi connectivity index (χ0n) is 11.1. The van der Waals surface area contributed by atoms with E-state index in [9.17, 15) is 5.26 Å². The molecule has 1 N–H and O–H groups in total. The molecule has 3 nitrogen and oxygen atoms in total. The van der Waals surface area contributed by atoms with Crippen LogP contribution in [-0.2, 0) is 0 Å². The first-order valence-corrected chi connectivity index (χ1v) is 6.09. The van der Waals surface area contributed by atoms with Gasteiger partial charge in [0.1, 0.15) is 11.8 Å². The van der Waals surface area contributed by atoms with Gasteiger partial charge < -0.3 is 10.1 Å². The van der Waals surface area contributed by atoms with Crippen LogP contribution in [0.25, 0.3) is 0 Å². The van der Waals surface area contributed by atoms with Gasteiger partial charge in [0.05, 0.1) is 13.2 Å². The number of nitriles is 1. The van der Waals surface area contributed by atoms with Crippen LogP contribution in [0.1, 0.15) is 17.2 Å². The maximum absolute atomic E-state index is 9.28. The zero-order valence-corrected chi connectivity index (χ0v) is 11.1. The topological polar surface area (TPSA) is 45.0 Å². The van der Waals surface area contributed by atoms with E-state index in [1.54, 1.807) is 7.11 Å². The van der Waals surface area contributed by atoms with Crippen molar-refractivity contribution in [3.05, 3.63) is 59.7 Å². The number of nitrogens with zero attached hydrogens (tertiary/aromatic N) is 1. The smallest absolute Gasteiger partial charge is 0.140 e. The second kappa shape index (κ2) is 5.92. The SMILES string of the molecule is COc1ccc([C@@H](C#N)Nc2ccc(C)cc2)cc1. The van der Waals surface area contributed by atoms with Gasteiger partial charge in [0.15, 0.2) is 0 Å². The molecule has 0 unspecified atom stereocenters. The number of nitrogens with one attached hydrogen (secondary N) is 1. The fourth-order valence-electron chi connectivity index (χ4n) is 1.80. The number of ether oxygens (including phenoxy) is 1. The van der Waals surface area contributed by atoms with Crippen LogP contribution < -0.4 is 10.1 Å². The van der Waals surface area contributed by atoms with Crippen molar-refractivity contribution >= 4 is 5.69 Å². The van der Waals surface area contributed by atoms with Crippen molar-refractivity contribution in [3.63, 3.8) is 0 Å². The van der Waals surface area contributed by atoms with Gasteiger partial charge in [-0.05, 0) is 36.8 Å². The average molecular weight is 252 g/mol. The molecule has 0 amide bonds. The predicted molar refractivity (Wildman–Crippen MR) is 76.1 cm³/mol. The van der Waals surface area contributed by atoms with E-state index >= 15 is 0 Å². The van der Waals surface area contributed by atoms with Crippen molar-refractivity contribution in [1.82, 2.24) is 0 Å². The molecule has 19 heavy (non-hydrogen) atoms. The Hall–Kier alpha value is -2.47. The molecule has 0 aliphatic heterocycles. The van der Waals surface area contributed by atoms with E-state index in [0.717, 1.165) is 17.0 Å². The molecule has 0 aliphatic carbocycles. The van der Waals surface area contributed by atoms with E-state index in [2.05, 4.69) is 11.4 Å². The van der Waals surface area contributed by atoms with E-state index in [4.69, 9.17) is 4.74 Å². The van der Waals surface area contributed by atoms with Crippen molar-refractivity contribution < 1.29 is 4.74 Å². The summed E-state index contributed by atoms with van der Waals surface area (Å²) in [6, 6.07) is 17.4. The molecular formula is C16H16N2O. The Kier molecular flexibility index (Phi) is 4.04. The zero-order chi connectivity index (χ0) is 13.7. The number of aryl methyl sites for hydroxylation is 1. The Labute approximate surface area is 113 Å². The quantitative estimate of drug-likeness (QED) is 0.902. The summed E-state index contributed by atoms with van der Waals surface area (Å²) in [6.45, 7) is 2.04. The molecule has 3 heteroatoms. The molecular weight excluding hydrogens is 236 g/mol. The molecule has 0 fully saturated rings. The highest BCUT2D eigenvalue weighted by Gasteiger charge is 2.10. The number of benzene rings is 2. The molecule has 0 aromatic heterocycles. The van der Waals surface area contributed by atoms with Gasteiger partial charge in [0, 0.05) is 5.69 Å². The van der Waals surface area contributed by atoms with Crippen LogP contribution in [0.15, 0.2) is 48.5 Å². The van der Waals surface area contributed by atoms with E-state index in [-0.39, 0.29) is 6.04 Å². The van der Waals surface area contributed by atoms with Crippen LogP contribution in [0.3, 0.4) is 0 Å². The van der Waals surface area contributed by atoms with Gasteiger partial charge in [-0.25, -0.2) is 0 Å². The lowest BCUT2D eigenvalue weighted by Gasteiger charge is -2.14. The Balaban J connectivity index is 2.15. The largest absolute Gasteiger partial charge is 0.497 e. The molecule has 2 rings (SSSR count). The van der Waals surface area contributed by atoms with Crippen molar-refractivity contribution in [2.75, 3.05) is 12.4 Å². The predicted octanol–water partition coefficient (Wildman–Crippen LogP) is 3.68. The number of hydrogen-bond donors (Lipinski definition) is 1. The monoisotopic (exact) mass is 252 g/mol. The summed E-state index contributed by atoms with van der Waals surface area (Å²) in [7, 11) is 1.63. The summed E-state index contributed by atoms with van der Waals surface area (Å²) in [4.78, 5) is 0. The van der Waals surface area contributed by atoms with Crippen LogP contribution in [-0.4, -0.2) is 7.11 Å². The molecule has 0 saturated heterocycles. The third-order valence-electron chi connectivity index (χ3n) is 2.94. The molecule has 1 atom stereocenters. The highest BCUT2D eigenvalue weighted by molar-refractivity contribution is 5.48. The Morgan fingerprint density at radius 3 is 2.21 bits per heavy atom. The number of methoxy groups -OCH3 is 1. The van der Waals surface area contributed by atoms with Crippen LogP contribution in [0, 0.1) is 18.3 Å². The Bertz CT molecular complexity index is 567. The molecule has 2 aromatic rings. The second-order valence-corrected chi connectivity index (χ2v) is 4.35. The van der Waals surface area contributed by atoms with Crippen LogP contribution in [0.4, 0.5) is 5.69 Å². The molecule has 0 heterocycles. The van der Waals surface area contributed by atoms with Gasteiger partial charge in [-0.1, -0.05) is 29.8 Å². The summed E-state index contributed by atoms with van der Waals surface area (Å²) < 4.78 is 5.11. The summed E-state index contributed by atoms with van der Waals surface area (Å²) in [5.74, 6) is 0.788. The van der Waals surface area contributed by atoms with E-state index in [1.807, 2.05) is 55.5 Å². The minimum absolute atomic E-state index is 0.367. The summed E-state index contributed by atoms with van der Waals surface area (Å²) in [5, 5.41) is 12.5. The van der Waals surface area contributed by atoms with Crippen molar-refractivity contribution in [3.8, 4) is 11.8 Å². The Morgan fingerprint density at radius 1 is 1.05 bits per heavy atom. The first kappa shape index (κ1) is 13.0. The highest BCUT2D eigenvalue weighted by Crippen LogP contribution is 2.21. The maximum atomic E-state index is 9.28. The first-order chi connectivity index (χ1) is 9.22. The van der Waals surface area contributed by atoms with Gasteiger partial charge in [-0.15, -0.1) is 0 Å². The van der Waals surface area contributed by atoms with Crippen LogP contribution in [0.2, 0.25) is 0 Å². The van der Waals surface area contributed by atoms with Gasteiger partial charge in [0.25, 0.3) is 0 Å². The summed E-state index contributed by atoms with van der Waals surface area (Å²) >= 11 is 0. The molecule has 0 bridgehead atoms. The third-order valence-corrected chi connectivity index (χ3v) is 2.94. The van der Waals surface area contributed by atoms with E-state index in [1.165, 1.54) is 5.56 Å². The fourth-order valence-corrected chi connectivity index (χ4v) is 1.80. The lowest BCUT2D eigenvalue weighted by Crippen LogP contribution is -2.08. The molecule has 0 spiro atoms. The lowest BCUT2D eigenvalue weighted by molar-refractivity contribution is 0.414. The standard InChI is InChI=1S/C16H16N2O/c1-12-3-7-14(8-4-12)18-16(11-17)13-5-9-15(19-2)10-6-13/h3-10,16,18H,1-2H3/t16-/m1/s1. The van der Waals surface area contributed by atoms with E-state index in [0.29, 0.717) is 0 Å². The highest BCUT2D eigenvalue weighted by atomic mass is 16.5. The second-order valence-electron chi connectivity index (χ2n) is 4.35. The number of rotatable bonds is 4. The number of anilines is 1. The molecule has 96 valence electrons. The van der Waals surface area contributed by atoms with Crippen molar-refractivity contribution in [1.29, 1.82) is 5.26 Å². The van der Waals surface area contributed by atoms with Crippen molar-refractivity contribution in [2.24, 2.45) is 0 Å². The molecule has 0 aliphatic rings. The molecule has 2 aromatic carbocycles. The molecule has 0 saturated carbocycles. The van der Waals surface area contributed by atoms with Gasteiger partial charge in [-0.2, -0.15) is 5.26 Å². The number of hydrogen-bond acceptors (Lipinski definition) is 3. The maximum Gasteiger partial charge on any atom is 0.140 e. The Morgan fingerprint density at radius 2 is 1.68 bits per heavy atom. The normalized spacial score (nSPS) is 11.4. The fraction of sp³-hybridized carbons (Fsp3) is 0.188. The van der Waals surface area contributed by atoms with Gasteiger partial charge in [-0.3, -0.25) is 0 Å². The summed E-state index contributed by atoms with van der Waals surface area (Å²) in [6.07, 6.45) is 0. The minimum Gasteiger partial charge on any atom is -0.497 e.